The molecule has 3 heteroatoms. The fourth-order valence-electron chi connectivity index (χ4n) is 2.56. The molecule has 1 aliphatic carbocycles. The average molecular weight is 201 g/mol. The summed E-state index contributed by atoms with van der Waals surface area (Å²) in [6.45, 7) is 0. The average Bonchev–Trinajstić information content (AvgIpc) is 2.85. The van der Waals surface area contributed by atoms with E-state index in [1.165, 1.54) is 25.7 Å². The summed E-state index contributed by atoms with van der Waals surface area (Å²) in [7, 11) is 0. The lowest BCUT2D eigenvalue weighted by atomic mass is 10.2. The van der Waals surface area contributed by atoms with Crippen LogP contribution in [0.1, 0.15) is 31.7 Å². The molecule has 15 heavy (non-hydrogen) atoms. The molecule has 2 aromatic heterocycles. The molecule has 3 nitrogen and oxygen atoms in total. The summed E-state index contributed by atoms with van der Waals surface area (Å²) in [6, 6.07) is 4.58. The predicted octanol–water partition coefficient (Wildman–Crippen LogP) is 2.73. The van der Waals surface area contributed by atoms with Crippen molar-refractivity contribution in [3.05, 3.63) is 24.5 Å². The zero-order valence-corrected chi connectivity index (χ0v) is 8.69. The maximum absolute atomic E-state index is 5.91. The highest BCUT2D eigenvalue weighted by Crippen LogP contribution is 2.33. The van der Waals surface area contributed by atoms with Gasteiger partial charge in [0.1, 0.15) is 5.65 Å². The molecule has 2 aromatic rings. The Morgan fingerprint density at radius 1 is 1.27 bits per heavy atom. The van der Waals surface area contributed by atoms with Gasteiger partial charge in [0.05, 0.1) is 0 Å². The maximum Gasteiger partial charge on any atom is 0.142 e. The monoisotopic (exact) mass is 201 g/mol. The molecule has 0 aliphatic heterocycles. The van der Waals surface area contributed by atoms with Crippen molar-refractivity contribution in [2.75, 3.05) is 5.73 Å². The number of fused-ring (bicyclic) bond motifs is 1. The van der Waals surface area contributed by atoms with Crippen LogP contribution >= 0.6 is 0 Å². The van der Waals surface area contributed by atoms with Crippen LogP contribution in [0.4, 0.5) is 5.69 Å². The smallest absolute Gasteiger partial charge is 0.142 e. The van der Waals surface area contributed by atoms with Gasteiger partial charge in [0.2, 0.25) is 0 Å². The third-order valence-corrected chi connectivity index (χ3v) is 3.37. The molecule has 0 aromatic carbocycles. The van der Waals surface area contributed by atoms with Gasteiger partial charge in [-0.25, -0.2) is 4.98 Å². The first kappa shape index (κ1) is 8.77. The first-order valence-corrected chi connectivity index (χ1v) is 5.57. The van der Waals surface area contributed by atoms with Gasteiger partial charge in [-0.3, -0.25) is 0 Å². The highest BCUT2D eigenvalue weighted by molar-refractivity contribution is 5.88. The number of rotatable bonds is 1. The summed E-state index contributed by atoms with van der Waals surface area (Å²) < 4.78 is 2.29. The maximum atomic E-state index is 5.91. The predicted molar refractivity (Wildman–Crippen MR) is 61.7 cm³/mol. The summed E-state index contributed by atoms with van der Waals surface area (Å²) in [5.74, 6) is 0. The molecule has 0 atom stereocenters. The van der Waals surface area contributed by atoms with Crippen LogP contribution in [-0.2, 0) is 0 Å². The van der Waals surface area contributed by atoms with Crippen molar-refractivity contribution < 1.29 is 0 Å². The zero-order valence-electron chi connectivity index (χ0n) is 8.69. The lowest BCUT2D eigenvalue weighted by Crippen LogP contribution is -2.03. The number of pyridine rings is 1. The molecular weight excluding hydrogens is 186 g/mol. The minimum absolute atomic E-state index is 0.636. The van der Waals surface area contributed by atoms with Gasteiger partial charge in [-0.1, -0.05) is 12.8 Å². The molecule has 0 spiro atoms. The number of hydrogen-bond acceptors (Lipinski definition) is 2. The molecule has 1 fully saturated rings. The highest BCUT2D eigenvalue weighted by Gasteiger charge is 2.18. The van der Waals surface area contributed by atoms with E-state index >= 15 is 0 Å². The van der Waals surface area contributed by atoms with Crippen LogP contribution in [0.2, 0.25) is 0 Å². The SMILES string of the molecule is Nc1ccnc2c1ccn2C1CCCC1. The molecule has 0 saturated heterocycles. The number of aromatic nitrogens is 2. The number of hydrogen-bond donors (Lipinski definition) is 1. The van der Waals surface area contributed by atoms with Crippen molar-refractivity contribution in [1.29, 1.82) is 0 Å². The normalized spacial score (nSPS) is 17.6. The van der Waals surface area contributed by atoms with Gasteiger partial charge in [0.15, 0.2) is 0 Å². The number of nitrogens with two attached hydrogens (primary N) is 1. The van der Waals surface area contributed by atoms with E-state index in [-0.39, 0.29) is 0 Å². The second-order valence-corrected chi connectivity index (χ2v) is 4.30. The standard InChI is InChI=1S/C12H15N3/c13-11-5-7-14-12-10(11)6-8-15(12)9-3-1-2-4-9/h5-9H,1-4H2,(H2,13,14). The molecule has 2 heterocycles. The summed E-state index contributed by atoms with van der Waals surface area (Å²) in [4.78, 5) is 4.43. The molecule has 0 amide bonds. The van der Waals surface area contributed by atoms with E-state index in [1.807, 2.05) is 6.07 Å². The van der Waals surface area contributed by atoms with Gasteiger partial charge >= 0.3 is 0 Å². The minimum atomic E-state index is 0.636. The second-order valence-electron chi connectivity index (χ2n) is 4.30. The quantitative estimate of drug-likeness (QED) is 0.771. The molecule has 1 aliphatic rings. The van der Waals surface area contributed by atoms with Crippen molar-refractivity contribution in [1.82, 2.24) is 9.55 Å². The Bertz CT molecular complexity index is 481. The van der Waals surface area contributed by atoms with E-state index in [9.17, 15) is 0 Å². The lowest BCUT2D eigenvalue weighted by molar-refractivity contribution is 0.532. The zero-order chi connectivity index (χ0) is 10.3. The van der Waals surface area contributed by atoms with Crippen molar-refractivity contribution in [3.63, 3.8) is 0 Å². The summed E-state index contributed by atoms with van der Waals surface area (Å²) in [5.41, 5.74) is 7.79. The fraction of sp³-hybridized carbons (Fsp3) is 0.417. The summed E-state index contributed by atoms with van der Waals surface area (Å²) >= 11 is 0. The van der Waals surface area contributed by atoms with Crippen molar-refractivity contribution >= 4 is 16.7 Å². The summed E-state index contributed by atoms with van der Waals surface area (Å²) in [5, 5.41) is 1.09. The first-order valence-electron chi connectivity index (χ1n) is 5.57. The molecule has 0 bridgehead atoms. The van der Waals surface area contributed by atoms with E-state index in [0.717, 1.165) is 16.7 Å². The van der Waals surface area contributed by atoms with Gasteiger partial charge in [-0.15, -0.1) is 0 Å². The Morgan fingerprint density at radius 2 is 2.07 bits per heavy atom. The first-order chi connectivity index (χ1) is 7.36. The van der Waals surface area contributed by atoms with Crippen LogP contribution in [0, 0.1) is 0 Å². The Labute approximate surface area is 88.9 Å². The lowest BCUT2D eigenvalue weighted by Gasteiger charge is -2.12. The van der Waals surface area contributed by atoms with E-state index in [0.29, 0.717) is 6.04 Å². The number of nitrogen functional groups attached to an aromatic ring is 1. The van der Waals surface area contributed by atoms with Gasteiger partial charge < -0.3 is 10.3 Å². The van der Waals surface area contributed by atoms with Gasteiger partial charge in [-0.05, 0) is 25.0 Å². The van der Waals surface area contributed by atoms with Crippen LogP contribution < -0.4 is 5.73 Å². The third-order valence-electron chi connectivity index (χ3n) is 3.37. The van der Waals surface area contributed by atoms with Gasteiger partial charge in [0, 0.05) is 29.5 Å². The van der Waals surface area contributed by atoms with Crippen LogP contribution in [0.5, 0.6) is 0 Å². The molecular formula is C12H15N3. The van der Waals surface area contributed by atoms with Crippen molar-refractivity contribution in [3.8, 4) is 0 Å². The Morgan fingerprint density at radius 3 is 2.87 bits per heavy atom. The summed E-state index contributed by atoms with van der Waals surface area (Å²) in [6.07, 6.45) is 9.16. The van der Waals surface area contributed by atoms with Crippen LogP contribution in [0.15, 0.2) is 24.5 Å². The van der Waals surface area contributed by atoms with E-state index in [4.69, 9.17) is 5.73 Å². The number of nitrogens with zero attached hydrogens (tertiary/aromatic N) is 2. The van der Waals surface area contributed by atoms with Crippen LogP contribution in [0.3, 0.4) is 0 Å². The van der Waals surface area contributed by atoms with Gasteiger partial charge in [-0.2, -0.15) is 0 Å². The number of anilines is 1. The molecule has 78 valence electrons. The molecule has 0 unspecified atom stereocenters. The van der Waals surface area contributed by atoms with Crippen LogP contribution in [-0.4, -0.2) is 9.55 Å². The molecule has 3 rings (SSSR count). The van der Waals surface area contributed by atoms with Crippen LogP contribution in [0.25, 0.3) is 11.0 Å². The topological polar surface area (TPSA) is 43.8 Å². The highest BCUT2D eigenvalue weighted by atomic mass is 15.1. The largest absolute Gasteiger partial charge is 0.398 e. The Kier molecular flexibility index (Phi) is 1.91. The van der Waals surface area contributed by atoms with E-state index in [1.54, 1.807) is 6.20 Å². The van der Waals surface area contributed by atoms with Gasteiger partial charge in [0.25, 0.3) is 0 Å². The molecule has 1 saturated carbocycles. The van der Waals surface area contributed by atoms with Crippen molar-refractivity contribution in [2.24, 2.45) is 0 Å². The third kappa shape index (κ3) is 1.30. The molecule has 0 radical (unpaired) electrons. The minimum Gasteiger partial charge on any atom is -0.398 e. The van der Waals surface area contributed by atoms with Crippen molar-refractivity contribution in [2.45, 2.75) is 31.7 Å². The Hall–Kier alpha value is -1.51. The van der Waals surface area contributed by atoms with E-state index in [2.05, 4.69) is 21.8 Å². The second kappa shape index (κ2) is 3.26. The van der Waals surface area contributed by atoms with E-state index < -0.39 is 0 Å². The molecule has 2 N–H and O–H groups in total. The fourth-order valence-corrected chi connectivity index (χ4v) is 2.56. The Balaban J connectivity index is 2.15.